The van der Waals surface area contributed by atoms with Crippen LogP contribution in [0.3, 0.4) is 0 Å². The van der Waals surface area contributed by atoms with Crippen molar-refractivity contribution >= 4 is 5.78 Å². The number of carbonyl (C=O) groups excluding carboxylic acids is 1. The zero-order valence-corrected chi connectivity index (χ0v) is 9.74. The van der Waals surface area contributed by atoms with Gasteiger partial charge in [0.1, 0.15) is 25.6 Å². The zero-order chi connectivity index (χ0) is 12.8. The fraction of sp³-hybridized carbons (Fsp3) is 0.462. The number of hydrogen-bond donors (Lipinski definition) is 1. The summed E-state index contributed by atoms with van der Waals surface area (Å²) >= 11 is 0. The lowest BCUT2D eigenvalue weighted by molar-refractivity contribution is -0.124. The second-order valence-corrected chi connectivity index (χ2v) is 4.64. The zero-order valence-electron chi connectivity index (χ0n) is 9.74. The van der Waals surface area contributed by atoms with Crippen LogP contribution in [0.1, 0.15) is 18.4 Å². The molecular formula is C13H13FO4. The summed E-state index contributed by atoms with van der Waals surface area (Å²) in [6, 6.07) is 2.79. The number of fused-ring (bicyclic) bond motifs is 1. The maximum atomic E-state index is 14.0. The van der Waals surface area contributed by atoms with Crippen molar-refractivity contribution in [1.29, 1.82) is 0 Å². The lowest BCUT2D eigenvalue weighted by Crippen LogP contribution is -2.25. The van der Waals surface area contributed by atoms with E-state index >= 15 is 0 Å². The highest BCUT2D eigenvalue weighted by atomic mass is 19.1. The Bertz CT molecular complexity index is 508. The van der Waals surface area contributed by atoms with E-state index in [0.717, 1.165) is 0 Å². The number of ether oxygens (including phenoxy) is 2. The summed E-state index contributed by atoms with van der Waals surface area (Å²) in [5.41, 5.74) is -0.542. The van der Waals surface area contributed by atoms with Crippen molar-refractivity contribution in [3.63, 3.8) is 0 Å². The first-order valence-corrected chi connectivity index (χ1v) is 5.91. The molecule has 0 saturated heterocycles. The van der Waals surface area contributed by atoms with Gasteiger partial charge >= 0.3 is 0 Å². The molecule has 0 radical (unpaired) electrons. The second kappa shape index (κ2) is 3.95. The first-order chi connectivity index (χ1) is 8.67. The maximum absolute atomic E-state index is 14.0. The minimum absolute atomic E-state index is 0.311. The SMILES string of the molecule is O=C(CO)C1(c2cc3c(cc2F)OCCO3)CC1. The van der Waals surface area contributed by atoms with Crippen molar-refractivity contribution in [3.8, 4) is 11.5 Å². The van der Waals surface area contributed by atoms with Crippen LogP contribution in [-0.2, 0) is 10.2 Å². The van der Waals surface area contributed by atoms with E-state index in [1.165, 1.54) is 12.1 Å². The molecule has 1 N–H and O–H groups in total. The highest BCUT2D eigenvalue weighted by Gasteiger charge is 2.52. The van der Waals surface area contributed by atoms with Crippen LogP contribution in [0.4, 0.5) is 4.39 Å². The molecule has 0 atom stereocenters. The molecule has 4 nitrogen and oxygen atoms in total. The van der Waals surface area contributed by atoms with E-state index in [1.54, 1.807) is 0 Å². The minimum Gasteiger partial charge on any atom is -0.486 e. The monoisotopic (exact) mass is 252 g/mol. The van der Waals surface area contributed by atoms with Crippen LogP contribution in [0.5, 0.6) is 11.5 Å². The topological polar surface area (TPSA) is 55.8 Å². The molecular weight excluding hydrogens is 239 g/mol. The third-order valence-corrected chi connectivity index (χ3v) is 3.57. The number of Topliss-reactive ketones (excluding diaryl/α,β-unsaturated/α-hetero) is 1. The number of aliphatic hydroxyl groups is 1. The van der Waals surface area contributed by atoms with Gasteiger partial charge in [-0.15, -0.1) is 0 Å². The number of benzene rings is 1. The number of aliphatic hydroxyl groups excluding tert-OH is 1. The van der Waals surface area contributed by atoms with Gasteiger partial charge in [0.2, 0.25) is 0 Å². The van der Waals surface area contributed by atoms with E-state index in [0.29, 0.717) is 43.1 Å². The van der Waals surface area contributed by atoms with Crippen LogP contribution in [0.2, 0.25) is 0 Å². The Morgan fingerprint density at radius 1 is 1.28 bits per heavy atom. The molecule has 1 aliphatic heterocycles. The molecule has 1 aliphatic carbocycles. The predicted molar refractivity (Wildman–Crippen MR) is 60.4 cm³/mol. The maximum Gasteiger partial charge on any atom is 0.168 e. The molecule has 0 bridgehead atoms. The van der Waals surface area contributed by atoms with E-state index in [9.17, 15) is 9.18 Å². The molecule has 1 aromatic rings. The van der Waals surface area contributed by atoms with Gasteiger partial charge in [-0.3, -0.25) is 4.79 Å². The third-order valence-electron chi connectivity index (χ3n) is 3.57. The lowest BCUT2D eigenvalue weighted by atomic mass is 9.90. The van der Waals surface area contributed by atoms with Crippen LogP contribution in [0.15, 0.2) is 12.1 Å². The molecule has 1 saturated carbocycles. The van der Waals surface area contributed by atoms with Gasteiger partial charge in [-0.05, 0) is 18.9 Å². The molecule has 0 aromatic heterocycles. The number of ketones is 1. The Kier molecular flexibility index (Phi) is 2.52. The van der Waals surface area contributed by atoms with Gasteiger partial charge in [-0.2, -0.15) is 0 Å². The van der Waals surface area contributed by atoms with E-state index < -0.39 is 17.8 Å². The Balaban J connectivity index is 2.05. The van der Waals surface area contributed by atoms with Crippen molar-refractivity contribution in [2.24, 2.45) is 0 Å². The summed E-state index contributed by atoms with van der Waals surface area (Å²) in [6.07, 6.45) is 1.14. The third kappa shape index (κ3) is 1.58. The number of carbonyl (C=O) groups is 1. The fourth-order valence-corrected chi connectivity index (χ4v) is 2.41. The lowest BCUT2D eigenvalue weighted by Gasteiger charge is -2.21. The molecule has 96 valence electrons. The fourth-order valence-electron chi connectivity index (χ4n) is 2.41. The number of rotatable bonds is 3. The molecule has 1 fully saturated rings. The Hall–Kier alpha value is -1.62. The highest BCUT2D eigenvalue weighted by Crippen LogP contribution is 2.51. The van der Waals surface area contributed by atoms with Gasteiger partial charge in [-0.25, -0.2) is 4.39 Å². The first kappa shape index (κ1) is 11.5. The van der Waals surface area contributed by atoms with Gasteiger partial charge < -0.3 is 14.6 Å². The Morgan fingerprint density at radius 2 is 1.89 bits per heavy atom. The van der Waals surface area contributed by atoms with Crippen LogP contribution in [-0.4, -0.2) is 30.7 Å². The second-order valence-electron chi connectivity index (χ2n) is 4.64. The average Bonchev–Trinajstić information content (AvgIpc) is 3.18. The van der Waals surface area contributed by atoms with Gasteiger partial charge in [0.25, 0.3) is 0 Å². The quantitative estimate of drug-likeness (QED) is 0.878. The summed E-state index contributed by atoms with van der Waals surface area (Å²) in [7, 11) is 0. The highest BCUT2D eigenvalue weighted by molar-refractivity contribution is 5.94. The molecule has 0 spiro atoms. The Labute approximate surface area is 103 Å². The van der Waals surface area contributed by atoms with Gasteiger partial charge in [0, 0.05) is 11.6 Å². The van der Waals surface area contributed by atoms with Crippen molar-refractivity contribution in [1.82, 2.24) is 0 Å². The molecule has 18 heavy (non-hydrogen) atoms. The molecule has 0 unspecified atom stereocenters. The van der Waals surface area contributed by atoms with Crippen molar-refractivity contribution in [2.75, 3.05) is 19.8 Å². The van der Waals surface area contributed by atoms with E-state index in [4.69, 9.17) is 14.6 Å². The average molecular weight is 252 g/mol. The number of halogens is 1. The van der Waals surface area contributed by atoms with Crippen LogP contribution < -0.4 is 9.47 Å². The van der Waals surface area contributed by atoms with Crippen molar-refractivity contribution in [2.45, 2.75) is 18.3 Å². The van der Waals surface area contributed by atoms with Crippen molar-refractivity contribution in [3.05, 3.63) is 23.5 Å². The smallest absolute Gasteiger partial charge is 0.168 e. The largest absolute Gasteiger partial charge is 0.486 e. The molecule has 3 rings (SSSR count). The van der Waals surface area contributed by atoms with Gasteiger partial charge in [0.05, 0.1) is 5.41 Å². The molecule has 2 aliphatic rings. The van der Waals surface area contributed by atoms with E-state index in [2.05, 4.69) is 0 Å². The number of hydrogen-bond acceptors (Lipinski definition) is 4. The normalized spacial score (nSPS) is 19.4. The molecule has 0 amide bonds. The van der Waals surface area contributed by atoms with E-state index in [-0.39, 0.29) is 5.78 Å². The van der Waals surface area contributed by atoms with E-state index in [1.807, 2.05) is 0 Å². The van der Waals surface area contributed by atoms with Crippen LogP contribution in [0.25, 0.3) is 0 Å². The first-order valence-electron chi connectivity index (χ1n) is 5.91. The standard InChI is InChI=1S/C13H13FO4/c14-9-6-11-10(17-3-4-18-11)5-8(9)13(1-2-13)12(16)7-15/h5-6,15H,1-4,7H2. The molecule has 5 heteroatoms. The summed E-state index contributed by atoms with van der Waals surface area (Å²) in [5.74, 6) is 0.0287. The van der Waals surface area contributed by atoms with Crippen molar-refractivity contribution < 1.29 is 23.8 Å². The van der Waals surface area contributed by atoms with Crippen LogP contribution >= 0.6 is 0 Å². The predicted octanol–water partition coefficient (Wildman–Crippen LogP) is 1.19. The summed E-state index contributed by atoms with van der Waals surface area (Å²) in [6.45, 7) is 0.249. The molecule has 1 heterocycles. The summed E-state index contributed by atoms with van der Waals surface area (Å²) in [5, 5.41) is 8.97. The minimum atomic E-state index is -0.853. The van der Waals surface area contributed by atoms with Gasteiger partial charge in [0.15, 0.2) is 17.3 Å². The summed E-state index contributed by atoms with van der Waals surface area (Å²) in [4.78, 5) is 11.7. The van der Waals surface area contributed by atoms with Crippen LogP contribution in [0, 0.1) is 5.82 Å². The Morgan fingerprint density at radius 3 is 2.44 bits per heavy atom. The molecule has 1 aromatic carbocycles. The summed E-state index contributed by atoms with van der Waals surface area (Å²) < 4.78 is 24.7. The van der Waals surface area contributed by atoms with Gasteiger partial charge in [-0.1, -0.05) is 0 Å².